The summed E-state index contributed by atoms with van der Waals surface area (Å²) in [5, 5.41) is 2.66. The summed E-state index contributed by atoms with van der Waals surface area (Å²) >= 11 is 1.46. The van der Waals surface area contributed by atoms with Crippen LogP contribution in [0.1, 0.15) is 54.5 Å². The van der Waals surface area contributed by atoms with Gasteiger partial charge in [-0.05, 0) is 46.6 Å². The van der Waals surface area contributed by atoms with Crippen molar-refractivity contribution in [1.82, 2.24) is 14.8 Å². The van der Waals surface area contributed by atoms with Gasteiger partial charge in [-0.2, -0.15) is 11.8 Å². The lowest BCUT2D eigenvalue weighted by atomic mass is 10.1. The Morgan fingerprint density at radius 2 is 2.00 bits per heavy atom. The highest BCUT2D eigenvalue weighted by Gasteiger charge is 2.43. The summed E-state index contributed by atoms with van der Waals surface area (Å²) in [6, 6.07) is 2.20. The molecule has 6 nitrogen and oxygen atoms in total. The monoisotopic (exact) mass is 363 g/mol. The Morgan fingerprint density at radius 3 is 2.56 bits per heavy atom. The molecule has 3 rings (SSSR count). The summed E-state index contributed by atoms with van der Waals surface area (Å²) in [6.45, 7) is 7.78. The van der Waals surface area contributed by atoms with Gasteiger partial charge in [0, 0.05) is 35.3 Å². The Kier molecular flexibility index (Phi) is 4.70. The second-order valence-electron chi connectivity index (χ2n) is 7.37. The number of aryl methyl sites for hydroxylation is 1. The van der Waals surface area contributed by atoms with E-state index in [9.17, 15) is 14.4 Å². The molecule has 2 aliphatic rings. The highest BCUT2D eigenvalue weighted by molar-refractivity contribution is 8.00. The molecule has 136 valence electrons. The molecule has 0 unspecified atom stereocenters. The van der Waals surface area contributed by atoms with E-state index in [-0.39, 0.29) is 17.7 Å². The molecule has 1 aliphatic carbocycles. The standard InChI is InChI=1S/C18H25N3O3S/c1-11-9-14(12(2)21(11)13-5-6-13)15(22)10-25-8-7-20-16(23)18(3,4)19-17(20)24/h9,13H,5-8,10H2,1-4H3,(H,19,24). The average Bonchev–Trinajstić information content (AvgIpc) is 3.27. The van der Waals surface area contributed by atoms with Gasteiger partial charge in [0.05, 0.1) is 5.75 Å². The molecule has 0 atom stereocenters. The van der Waals surface area contributed by atoms with Crippen LogP contribution in [-0.2, 0) is 4.79 Å². The Labute approximate surface area is 152 Å². The number of ketones is 1. The van der Waals surface area contributed by atoms with Crippen LogP contribution in [-0.4, -0.2) is 50.8 Å². The first-order chi connectivity index (χ1) is 11.7. The second kappa shape index (κ2) is 6.52. The van der Waals surface area contributed by atoms with Crippen molar-refractivity contribution in [3.05, 3.63) is 23.0 Å². The lowest BCUT2D eigenvalue weighted by Gasteiger charge is -2.15. The van der Waals surface area contributed by atoms with Crippen molar-refractivity contribution < 1.29 is 14.4 Å². The largest absolute Gasteiger partial charge is 0.345 e. The van der Waals surface area contributed by atoms with E-state index in [2.05, 4.69) is 16.8 Å². The van der Waals surface area contributed by atoms with Crippen molar-refractivity contribution in [3.8, 4) is 0 Å². The van der Waals surface area contributed by atoms with E-state index in [0.29, 0.717) is 24.1 Å². The van der Waals surface area contributed by atoms with Gasteiger partial charge in [-0.1, -0.05) is 0 Å². The molecule has 2 heterocycles. The molecule has 2 fully saturated rings. The molecule has 1 saturated heterocycles. The summed E-state index contributed by atoms with van der Waals surface area (Å²) in [4.78, 5) is 37.7. The minimum absolute atomic E-state index is 0.113. The van der Waals surface area contributed by atoms with E-state index in [1.54, 1.807) is 13.8 Å². The maximum absolute atomic E-state index is 12.5. The topological polar surface area (TPSA) is 71.4 Å². The minimum Gasteiger partial charge on any atom is -0.345 e. The number of hydrogen-bond donors (Lipinski definition) is 1. The zero-order valence-corrected chi connectivity index (χ0v) is 16.0. The van der Waals surface area contributed by atoms with Crippen LogP contribution < -0.4 is 5.32 Å². The number of urea groups is 1. The Bertz CT molecular complexity index is 734. The molecule has 7 heteroatoms. The third-order valence-corrected chi connectivity index (χ3v) is 5.77. The number of carbonyl (C=O) groups excluding carboxylic acids is 3. The van der Waals surface area contributed by atoms with Crippen LogP contribution in [0, 0.1) is 13.8 Å². The van der Waals surface area contributed by atoms with E-state index < -0.39 is 5.54 Å². The molecule has 0 bridgehead atoms. The lowest BCUT2D eigenvalue weighted by Crippen LogP contribution is -2.40. The van der Waals surface area contributed by atoms with Gasteiger partial charge in [0.1, 0.15) is 5.54 Å². The van der Waals surface area contributed by atoms with Crippen molar-refractivity contribution in [2.75, 3.05) is 18.1 Å². The van der Waals surface area contributed by atoms with Gasteiger partial charge < -0.3 is 9.88 Å². The summed E-state index contributed by atoms with van der Waals surface area (Å²) < 4.78 is 2.27. The van der Waals surface area contributed by atoms with E-state index in [1.165, 1.54) is 29.5 Å². The van der Waals surface area contributed by atoms with Crippen LogP contribution in [0.3, 0.4) is 0 Å². The number of carbonyl (C=O) groups is 3. The van der Waals surface area contributed by atoms with Crippen molar-refractivity contribution >= 4 is 29.5 Å². The van der Waals surface area contributed by atoms with Crippen LogP contribution in [0.2, 0.25) is 0 Å². The van der Waals surface area contributed by atoms with E-state index in [4.69, 9.17) is 0 Å². The Morgan fingerprint density at radius 1 is 1.32 bits per heavy atom. The van der Waals surface area contributed by atoms with Gasteiger partial charge in [0.25, 0.3) is 5.91 Å². The number of aromatic nitrogens is 1. The molecule has 0 radical (unpaired) electrons. The van der Waals surface area contributed by atoms with E-state index in [0.717, 1.165) is 17.0 Å². The normalized spacial score (nSPS) is 19.4. The molecule has 0 spiro atoms. The van der Waals surface area contributed by atoms with Crippen LogP contribution in [0.5, 0.6) is 0 Å². The fraction of sp³-hybridized carbons (Fsp3) is 0.611. The molecular weight excluding hydrogens is 338 g/mol. The molecule has 1 aromatic heterocycles. The summed E-state index contributed by atoms with van der Waals surface area (Å²) in [7, 11) is 0. The summed E-state index contributed by atoms with van der Waals surface area (Å²) in [5.74, 6) is 0.824. The third kappa shape index (κ3) is 3.47. The van der Waals surface area contributed by atoms with Gasteiger partial charge in [-0.15, -0.1) is 0 Å². The van der Waals surface area contributed by atoms with Gasteiger partial charge in [-0.25, -0.2) is 4.79 Å². The first-order valence-corrected chi connectivity index (χ1v) is 9.81. The van der Waals surface area contributed by atoms with Crippen LogP contribution in [0.15, 0.2) is 6.07 Å². The highest BCUT2D eigenvalue weighted by atomic mass is 32.2. The molecular formula is C18H25N3O3S. The maximum atomic E-state index is 12.5. The Hall–Kier alpha value is -1.76. The second-order valence-corrected chi connectivity index (χ2v) is 8.48. The fourth-order valence-electron chi connectivity index (χ4n) is 3.37. The molecule has 1 N–H and O–H groups in total. The van der Waals surface area contributed by atoms with Crippen LogP contribution >= 0.6 is 11.8 Å². The molecule has 1 aromatic rings. The molecule has 0 aromatic carbocycles. The predicted molar refractivity (Wildman–Crippen MR) is 98.2 cm³/mol. The average molecular weight is 363 g/mol. The minimum atomic E-state index is -0.835. The first kappa shape index (κ1) is 18.0. The smallest absolute Gasteiger partial charge is 0.325 e. The number of Topliss-reactive ketones (excluding diaryl/α,β-unsaturated/α-hetero) is 1. The van der Waals surface area contributed by atoms with Gasteiger partial charge >= 0.3 is 6.03 Å². The van der Waals surface area contributed by atoms with Crippen LogP contribution in [0.4, 0.5) is 4.79 Å². The summed E-state index contributed by atoms with van der Waals surface area (Å²) in [5.41, 5.74) is 2.17. The number of rotatable bonds is 7. The highest BCUT2D eigenvalue weighted by Crippen LogP contribution is 2.38. The molecule has 1 aliphatic heterocycles. The molecule has 25 heavy (non-hydrogen) atoms. The lowest BCUT2D eigenvalue weighted by molar-refractivity contribution is -0.130. The summed E-state index contributed by atoms with van der Waals surface area (Å²) in [6.07, 6.45) is 2.39. The van der Waals surface area contributed by atoms with Gasteiger partial charge in [0.15, 0.2) is 5.78 Å². The third-order valence-electron chi connectivity index (χ3n) is 4.83. The predicted octanol–water partition coefficient (Wildman–Crippen LogP) is 2.69. The van der Waals surface area contributed by atoms with Gasteiger partial charge in [-0.3, -0.25) is 14.5 Å². The number of nitrogens with zero attached hydrogens (tertiary/aromatic N) is 2. The van der Waals surface area contributed by atoms with E-state index in [1.807, 2.05) is 13.0 Å². The number of hydrogen-bond acceptors (Lipinski definition) is 4. The van der Waals surface area contributed by atoms with Gasteiger partial charge in [0.2, 0.25) is 0 Å². The Balaban J connectivity index is 1.51. The number of thioether (sulfide) groups is 1. The zero-order chi connectivity index (χ0) is 18.4. The number of amides is 3. The zero-order valence-electron chi connectivity index (χ0n) is 15.2. The number of nitrogens with one attached hydrogen (secondary N) is 1. The first-order valence-electron chi connectivity index (χ1n) is 8.66. The van der Waals surface area contributed by atoms with E-state index >= 15 is 0 Å². The van der Waals surface area contributed by atoms with Crippen molar-refractivity contribution in [2.24, 2.45) is 0 Å². The SMILES string of the molecule is Cc1cc(C(=O)CSCCN2C(=O)NC(C)(C)C2=O)c(C)n1C1CC1. The van der Waals surface area contributed by atoms with Crippen molar-refractivity contribution in [1.29, 1.82) is 0 Å². The van der Waals surface area contributed by atoms with Crippen molar-refractivity contribution in [2.45, 2.75) is 52.1 Å². The van der Waals surface area contributed by atoms with Crippen LogP contribution in [0.25, 0.3) is 0 Å². The quantitative estimate of drug-likeness (QED) is 0.459. The van der Waals surface area contributed by atoms with Crippen molar-refractivity contribution in [3.63, 3.8) is 0 Å². The molecule has 1 saturated carbocycles. The molecule has 3 amide bonds. The maximum Gasteiger partial charge on any atom is 0.325 e. The fourth-order valence-corrected chi connectivity index (χ4v) is 4.17. The number of imide groups is 1.